The summed E-state index contributed by atoms with van der Waals surface area (Å²) in [5.41, 5.74) is 1.10. The van der Waals surface area contributed by atoms with E-state index in [0.717, 1.165) is 53.4 Å². The van der Waals surface area contributed by atoms with Crippen LogP contribution in [-0.2, 0) is 12.8 Å². The minimum absolute atomic E-state index is 0.546. The van der Waals surface area contributed by atoms with E-state index in [1.807, 2.05) is 6.92 Å². The molecular formula is C13H19N5S2. The fourth-order valence-corrected chi connectivity index (χ4v) is 4.19. The topological polar surface area (TPSA) is 55.6 Å². The van der Waals surface area contributed by atoms with Crippen molar-refractivity contribution in [1.82, 2.24) is 25.1 Å². The van der Waals surface area contributed by atoms with E-state index in [0.29, 0.717) is 5.92 Å². The molecule has 0 aromatic carbocycles. The van der Waals surface area contributed by atoms with E-state index in [2.05, 4.69) is 37.5 Å². The van der Waals surface area contributed by atoms with E-state index in [4.69, 9.17) is 0 Å². The predicted octanol–water partition coefficient (Wildman–Crippen LogP) is 2.34. The van der Waals surface area contributed by atoms with Crippen molar-refractivity contribution < 1.29 is 0 Å². The predicted molar refractivity (Wildman–Crippen MR) is 82.3 cm³/mol. The van der Waals surface area contributed by atoms with Gasteiger partial charge in [-0.1, -0.05) is 11.8 Å². The summed E-state index contributed by atoms with van der Waals surface area (Å²) < 4.78 is 2.15. The first-order valence-electron chi connectivity index (χ1n) is 6.88. The number of piperidine rings is 1. The SMILES string of the molecule is Cc1csc(CSc2nnc(C3CCNCC3)n2C)n1. The molecule has 3 heterocycles. The van der Waals surface area contributed by atoms with Gasteiger partial charge in [0.2, 0.25) is 0 Å². The van der Waals surface area contributed by atoms with Gasteiger partial charge in [0, 0.05) is 24.0 Å². The number of hydrogen-bond acceptors (Lipinski definition) is 6. The normalized spacial score (nSPS) is 16.7. The summed E-state index contributed by atoms with van der Waals surface area (Å²) in [5, 5.41) is 16.4. The van der Waals surface area contributed by atoms with Crippen LogP contribution in [0.4, 0.5) is 0 Å². The number of thiazole rings is 1. The second-order valence-corrected chi connectivity index (χ2v) is 6.98. The maximum absolute atomic E-state index is 4.48. The van der Waals surface area contributed by atoms with Crippen molar-refractivity contribution in [3.8, 4) is 0 Å². The smallest absolute Gasteiger partial charge is 0.191 e. The van der Waals surface area contributed by atoms with Crippen LogP contribution in [-0.4, -0.2) is 32.8 Å². The van der Waals surface area contributed by atoms with Crippen molar-refractivity contribution in [3.05, 3.63) is 21.9 Å². The molecule has 0 atom stereocenters. The maximum Gasteiger partial charge on any atom is 0.191 e. The molecule has 1 N–H and O–H groups in total. The van der Waals surface area contributed by atoms with Gasteiger partial charge < -0.3 is 9.88 Å². The summed E-state index contributed by atoms with van der Waals surface area (Å²) in [6.45, 7) is 4.19. The highest BCUT2D eigenvalue weighted by Crippen LogP contribution is 2.28. The van der Waals surface area contributed by atoms with Crippen LogP contribution in [0, 0.1) is 6.92 Å². The van der Waals surface area contributed by atoms with Crippen molar-refractivity contribution in [2.45, 2.75) is 36.6 Å². The molecular weight excluding hydrogens is 290 g/mol. The lowest BCUT2D eigenvalue weighted by Crippen LogP contribution is -2.27. The molecule has 0 bridgehead atoms. The zero-order chi connectivity index (χ0) is 13.9. The molecule has 108 valence electrons. The van der Waals surface area contributed by atoms with Gasteiger partial charge in [-0.05, 0) is 32.9 Å². The van der Waals surface area contributed by atoms with Crippen LogP contribution in [0.1, 0.15) is 35.3 Å². The summed E-state index contributed by atoms with van der Waals surface area (Å²) in [4.78, 5) is 4.48. The van der Waals surface area contributed by atoms with Crippen LogP contribution in [0.15, 0.2) is 10.5 Å². The van der Waals surface area contributed by atoms with Gasteiger partial charge in [0.1, 0.15) is 10.8 Å². The molecule has 0 aliphatic carbocycles. The van der Waals surface area contributed by atoms with E-state index in [1.165, 1.54) is 0 Å². The lowest BCUT2D eigenvalue weighted by molar-refractivity contribution is 0.434. The Morgan fingerprint density at radius 3 is 2.90 bits per heavy atom. The second kappa shape index (κ2) is 6.24. The number of nitrogens with one attached hydrogen (secondary N) is 1. The Morgan fingerprint density at radius 1 is 1.40 bits per heavy atom. The van der Waals surface area contributed by atoms with Crippen molar-refractivity contribution in [3.63, 3.8) is 0 Å². The van der Waals surface area contributed by atoms with Crippen LogP contribution in [0.2, 0.25) is 0 Å². The van der Waals surface area contributed by atoms with Crippen LogP contribution >= 0.6 is 23.1 Å². The summed E-state index contributed by atoms with van der Waals surface area (Å²) in [6.07, 6.45) is 2.31. The van der Waals surface area contributed by atoms with Gasteiger partial charge in [-0.15, -0.1) is 21.5 Å². The van der Waals surface area contributed by atoms with Gasteiger partial charge in [-0.25, -0.2) is 4.98 Å². The summed E-state index contributed by atoms with van der Waals surface area (Å²) in [7, 11) is 2.08. The van der Waals surface area contributed by atoms with E-state index in [9.17, 15) is 0 Å². The third-order valence-electron chi connectivity index (χ3n) is 3.56. The first kappa shape index (κ1) is 14.0. The zero-order valence-corrected chi connectivity index (χ0v) is 13.4. The number of nitrogens with zero attached hydrogens (tertiary/aromatic N) is 4. The van der Waals surface area contributed by atoms with Crippen LogP contribution in [0.5, 0.6) is 0 Å². The van der Waals surface area contributed by atoms with Crippen molar-refractivity contribution in [2.75, 3.05) is 13.1 Å². The average Bonchev–Trinajstić information content (AvgIpc) is 3.04. The van der Waals surface area contributed by atoms with Crippen molar-refractivity contribution in [2.24, 2.45) is 7.05 Å². The Kier molecular flexibility index (Phi) is 4.38. The molecule has 3 rings (SSSR count). The molecule has 20 heavy (non-hydrogen) atoms. The van der Waals surface area contributed by atoms with Gasteiger partial charge in [0.25, 0.3) is 0 Å². The van der Waals surface area contributed by atoms with Gasteiger partial charge >= 0.3 is 0 Å². The van der Waals surface area contributed by atoms with E-state index >= 15 is 0 Å². The van der Waals surface area contributed by atoms with Crippen molar-refractivity contribution >= 4 is 23.1 Å². The van der Waals surface area contributed by atoms with Crippen LogP contribution < -0.4 is 5.32 Å². The van der Waals surface area contributed by atoms with Crippen LogP contribution in [0.25, 0.3) is 0 Å². The molecule has 0 radical (unpaired) electrons. The van der Waals surface area contributed by atoms with Gasteiger partial charge in [0.15, 0.2) is 5.16 Å². The third-order valence-corrected chi connectivity index (χ3v) is 5.75. The zero-order valence-electron chi connectivity index (χ0n) is 11.8. The van der Waals surface area contributed by atoms with Gasteiger partial charge in [0.05, 0.1) is 5.75 Å². The third kappa shape index (κ3) is 3.05. The highest BCUT2D eigenvalue weighted by atomic mass is 32.2. The van der Waals surface area contributed by atoms with E-state index < -0.39 is 0 Å². The highest BCUT2D eigenvalue weighted by molar-refractivity contribution is 7.98. The number of aryl methyl sites for hydroxylation is 1. The molecule has 2 aromatic rings. The Labute approximate surface area is 127 Å². The molecule has 7 heteroatoms. The molecule has 1 fully saturated rings. The minimum atomic E-state index is 0.546. The largest absolute Gasteiger partial charge is 0.317 e. The summed E-state index contributed by atoms with van der Waals surface area (Å²) in [5.74, 6) is 2.55. The minimum Gasteiger partial charge on any atom is -0.317 e. The van der Waals surface area contributed by atoms with E-state index in [1.54, 1.807) is 23.1 Å². The maximum atomic E-state index is 4.48. The number of thioether (sulfide) groups is 1. The highest BCUT2D eigenvalue weighted by Gasteiger charge is 2.21. The monoisotopic (exact) mass is 309 g/mol. The molecule has 0 spiro atoms. The molecule has 5 nitrogen and oxygen atoms in total. The lowest BCUT2D eigenvalue weighted by Gasteiger charge is -2.21. The number of rotatable bonds is 4. The van der Waals surface area contributed by atoms with Gasteiger partial charge in [-0.3, -0.25) is 0 Å². The molecule has 1 aliphatic heterocycles. The molecule has 1 saturated heterocycles. The number of aromatic nitrogens is 4. The Balaban J connectivity index is 1.66. The Bertz CT molecular complexity index is 571. The molecule has 1 aliphatic rings. The fraction of sp³-hybridized carbons (Fsp3) is 0.615. The lowest BCUT2D eigenvalue weighted by atomic mass is 9.97. The standard InChI is InChI=1S/C13H19N5S2/c1-9-7-19-11(15-9)8-20-13-17-16-12(18(13)2)10-3-5-14-6-4-10/h7,10,14H,3-6,8H2,1-2H3. The quantitative estimate of drug-likeness (QED) is 0.879. The fourth-order valence-electron chi connectivity index (χ4n) is 2.48. The average molecular weight is 309 g/mol. The summed E-state index contributed by atoms with van der Waals surface area (Å²) in [6, 6.07) is 0. The van der Waals surface area contributed by atoms with Crippen molar-refractivity contribution in [1.29, 1.82) is 0 Å². The number of hydrogen-bond donors (Lipinski definition) is 1. The second-order valence-electron chi connectivity index (χ2n) is 5.10. The Morgan fingerprint density at radius 2 is 2.20 bits per heavy atom. The van der Waals surface area contributed by atoms with E-state index in [-0.39, 0.29) is 0 Å². The summed E-state index contributed by atoms with van der Waals surface area (Å²) >= 11 is 3.43. The molecule has 0 amide bonds. The van der Waals surface area contributed by atoms with Gasteiger partial charge in [-0.2, -0.15) is 0 Å². The Hall–Kier alpha value is -0.920. The molecule has 0 unspecified atom stereocenters. The molecule has 0 saturated carbocycles. The first-order chi connectivity index (χ1) is 9.74. The molecule has 2 aromatic heterocycles. The van der Waals surface area contributed by atoms with Crippen LogP contribution in [0.3, 0.4) is 0 Å². The first-order valence-corrected chi connectivity index (χ1v) is 8.74.